The zero-order valence-corrected chi connectivity index (χ0v) is 11.5. The van der Waals surface area contributed by atoms with Crippen molar-refractivity contribution < 1.29 is 9.53 Å². The molecule has 0 N–H and O–H groups in total. The summed E-state index contributed by atoms with van der Waals surface area (Å²) in [6, 6.07) is 7.31. The molecule has 1 unspecified atom stereocenters. The van der Waals surface area contributed by atoms with Crippen LogP contribution in [-0.2, 0) is 4.79 Å². The highest BCUT2D eigenvalue weighted by molar-refractivity contribution is 7.99. The minimum Gasteiger partial charge on any atom is -0.497 e. The van der Waals surface area contributed by atoms with Gasteiger partial charge in [0.1, 0.15) is 11.8 Å². The maximum absolute atomic E-state index is 12.3. The van der Waals surface area contributed by atoms with Crippen molar-refractivity contribution in [3.63, 3.8) is 0 Å². The number of hydrogen-bond donors (Lipinski definition) is 0. The molecule has 0 aromatic heterocycles. The molecule has 4 nitrogen and oxygen atoms in total. The van der Waals surface area contributed by atoms with Crippen LogP contribution >= 0.6 is 24.0 Å². The molecule has 2 aliphatic heterocycles. The van der Waals surface area contributed by atoms with Gasteiger partial charge in [-0.05, 0) is 36.5 Å². The maximum Gasteiger partial charge on any atom is 0.256 e. The van der Waals surface area contributed by atoms with Gasteiger partial charge in [-0.15, -0.1) is 11.8 Å². The van der Waals surface area contributed by atoms with Gasteiger partial charge < -0.3 is 9.64 Å². The van der Waals surface area contributed by atoms with E-state index in [2.05, 4.69) is 0 Å². The van der Waals surface area contributed by atoms with Gasteiger partial charge in [0.15, 0.2) is 5.11 Å². The maximum atomic E-state index is 12.3. The van der Waals surface area contributed by atoms with E-state index < -0.39 is 0 Å². The number of methoxy groups -OCH3 is 1. The van der Waals surface area contributed by atoms with Crippen molar-refractivity contribution in [2.75, 3.05) is 23.6 Å². The van der Waals surface area contributed by atoms with Crippen molar-refractivity contribution in [1.29, 1.82) is 0 Å². The number of rotatable bonds is 2. The van der Waals surface area contributed by atoms with Gasteiger partial charge in [0.2, 0.25) is 0 Å². The van der Waals surface area contributed by atoms with Gasteiger partial charge in [-0.2, -0.15) is 0 Å². The Balaban J connectivity index is 1.92. The number of carbonyl (C=O) groups excluding carboxylic acids is 1. The second kappa shape index (κ2) is 4.44. The topological polar surface area (TPSA) is 32.8 Å². The number of thioether (sulfide) groups is 1. The lowest BCUT2D eigenvalue weighted by Gasteiger charge is -2.18. The Morgan fingerprint density at radius 2 is 2.11 bits per heavy atom. The first-order valence-electron chi connectivity index (χ1n) is 5.59. The Bertz CT molecular complexity index is 481. The highest BCUT2D eigenvalue weighted by Crippen LogP contribution is 2.33. The van der Waals surface area contributed by atoms with Gasteiger partial charge in [-0.25, -0.2) is 0 Å². The Morgan fingerprint density at radius 3 is 2.72 bits per heavy atom. The molecule has 3 rings (SSSR count). The Morgan fingerprint density at radius 1 is 1.39 bits per heavy atom. The normalized spacial score (nSPS) is 22.6. The average Bonchev–Trinajstić information content (AvgIpc) is 2.95. The standard InChI is InChI=1S/C12H12N2O2S2/c1-16-9-4-2-8(3-5-9)14-11(15)10-6-18-7-13(10)12(14)17/h2-5,10H,6-7H2,1H3. The smallest absolute Gasteiger partial charge is 0.256 e. The highest BCUT2D eigenvalue weighted by atomic mass is 32.2. The fourth-order valence-electron chi connectivity index (χ4n) is 2.18. The third-order valence-corrected chi connectivity index (χ3v) is 4.58. The summed E-state index contributed by atoms with van der Waals surface area (Å²) in [5, 5.41) is 0.611. The van der Waals surface area contributed by atoms with Crippen LogP contribution in [0.1, 0.15) is 0 Å². The van der Waals surface area contributed by atoms with Gasteiger partial charge in [-0.1, -0.05) is 0 Å². The molecule has 1 amide bonds. The summed E-state index contributed by atoms with van der Waals surface area (Å²) in [5.41, 5.74) is 0.810. The molecule has 18 heavy (non-hydrogen) atoms. The predicted molar refractivity (Wildman–Crippen MR) is 76.0 cm³/mol. The molecule has 1 aromatic carbocycles. The minimum absolute atomic E-state index is 0.0789. The third-order valence-electron chi connectivity index (χ3n) is 3.16. The first kappa shape index (κ1) is 11.8. The zero-order valence-electron chi connectivity index (χ0n) is 9.83. The number of nitrogens with zero attached hydrogens (tertiary/aromatic N) is 2. The van der Waals surface area contributed by atoms with Crippen molar-refractivity contribution in [3.05, 3.63) is 24.3 Å². The number of thiocarbonyl (C=S) groups is 1. The summed E-state index contributed by atoms with van der Waals surface area (Å²) in [4.78, 5) is 15.9. The van der Waals surface area contributed by atoms with E-state index >= 15 is 0 Å². The van der Waals surface area contributed by atoms with Crippen molar-refractivity contribution in [1.82, 2.24) is 4.90 Å². The van der Waals surface area contributed by atoms with Crippen LogP contribution in [0.4, 0.5) is 5.69 Å². The molecule has 2 saturated heterocycles. The zero-order chi connectivity index (χ0) is 12.7. The number of anilines is 1. The van der Waals surface area contributed by atoms with Crippen LogP contribution < -0.4 is 9.64 Å². The summed E-state index contributed by atoms with van der Waals surface area (Å²) in [5.74, 6) is 2.48. The summed E-state index contributed by atoms with van der Waals surface area (Å²) in [6.45, 7) is 0. The van der Waals surface area contributed by atoms with Crippen LogP contribution in [0.25, 0.3) is 0 Å². The van der Waals surface area contributed by atoms with E-state index in [0.29, 0.717) is 5.11 Å². The van der Waals surface area contributed by atoms with Crippen molar-refractivity contribution >= 4 is 40.7 Å². The van der Waals surface area contributed by atoms with Gasteiger partial charge in [-0.3, -0.25) is 9.69 Å². The molecule has 0 aliphatic carbocycles. The molecule has 0 spiro atoms. The number of amides is 1. The second-order valence-corrected chi connectivity index (χ2v) is 5.50. The van der Waals surface area contributed by atoms with Gasteiger partial charge >= 0.3 is 0 Å². The molecule has 0 bridgehead atoms. The third kappa shape index (κ3) is 1.67. The van der Waals surface area contributed by atoms with Crippen molar-refractivity contribution in [3.8, 4) is 5.75 Å². The number of fused-ring (bicyclic) bond motifs is 1. The van der Waals surface area contributed by atoms with Crippen molar-refractivity contribution in [2.45, 2.75) is 6.04 Å². The molecule has 2 fully saturated rings. The van der Waals surface area contributed by atoms with E-state index in [-0.39, 0.29) is 11.9 Å². The minimum atomic E-state index is -0.0791. The Hall–Kier alpha value is -1.27. The van der Waals surface area contributed by atoms with Crippen LogP contribution in [0.3, 0.4) is 0 Å². The van der Waals surface area contributed by atoms with Crippen molar-refractivity contribution in [2.24, 2.45) is 0 Å². The SMILES string of the molecule is COc1ccc(N2C(=O)C3CSCN3C2=S)cc1. The Kier molecular flexibility index (Phi) is 2.91. The molecule has 1 aromatic rings. The molecule has 0 radical (unpaired) electrons. The lowest BCUT2D eigenvalue weighted by molar-refractivity contribution is -0.118. The second-order valence-electron chi connectivity index (χ2n) is 4.14. The first-order valence-corrected chi connectivity index (χ1v) is 7.15. The monoisotopic (exact) mass is 280 g/mol. The summed E-state index contributed by atoms with van der Waals surface area (Å²) >= 11 is 7.13. The largest absolute Gasteiger partial charge is 0.497 e. The quantitative estimate of drug-likeness (QED) is 0.770. The average molecular weight is 280 g/mol. The number of ether oxygens (including phenoxy) is 1. The fourth-order valence-corrected chi connectivity index (χ4v) is 3.80. The molecule has 6 heteroatoms. The molecule has 2 aliphatic rings. The predicted octanol–water partition coefficient (Wildman–Crippen LogP) is 1.70. The number of benzene rings is 1. The van der Waals surface area contributed by atoms with E-state index in [0.717, 1.165) is 23.1 Å². The Labute approximate surface area is 115 Å². The van der Waals surface area contributed by atoms with E-state index in [1.165, 1.54) is 0 Å². The van der Waals surface area contributed by atoms with Crippen LogP contribution in [-0.4, -0.2) is 40.7 Å². The van der Waals surface area contributed by atoms with Crippen LogP contribution in [0.5, 0.6) is 5.75 Å². The molecular formula is C12H12N2O2S2. The van der Waals surface area contributed by atoms with E-state index in [9.17, 15) is 4.79 Å². The molecular weight excluding hydrogens is 268 g/mol. The lowest BCUT2D eigenvalue weighted by Crippen LogP contribution is -2.32. The molecule has 2 heterocycles. The molecule has 1 atom stereocenters. The van der Waals surface area contributed by atoms with E-state index in [1.807, 2.05) is 29.2 Å². The fraction of sp³-hybridized carbons (Fsp3) is 0.333. The number of hydrogen-bond acceptors (Lipinski definition) is 4. The molecule has 94 valence electrons. The summed E-state index contributed by atoms with van der Waals surface area (Å²) < 4.78 is 5.11. The van der Waals surface area contributed by atoms with Crippen LogP contribution in [0, 0.1) is 0 Å². The number of carbonyl (C=O) groups is 1. The van der Waals surface area contributed by atoms with Gasteiger partial charge in [0, 0.05) is 5.75 Å². The van der Waals surface area contributed by atoms with E-state index in [4.69, 9.17) is 17.0 Å². The van der Waals surface area contributed by atoms with Gasteiger partial charge in [0.05, 0.1) is 18.7 Å². The first-order chi connectivity index (χ1) is 8.72. The van der Waals surface area contributed by atoms with E-state index in [1.54, 1.807) is 23.8 Å². The summed E-state index contributed by atoms with van der Waals surface area (Å²) in [7, 11) is 1.62. The van der Waals surface area contributed by atoms with Gasteiger partial charge in [0.25, 0.3) is 5.91 Å². The van der Waals surface area contributed by atoms with Crippen LogP contribution in [0.15, 0.2) is 24.3 Å². The summed E-state index contributed by atoms with van der Waals surface area (Å²) in [6.07, 6.45) is 0. The lowest BCUT2D eigenvalue weighted by atomic mass is 10.2. The highest BCUT2D eigenvalue weighted by Gasteiger charge is 2.45. The van der Waals surface area contributed by atoms with Crippen LogP contribution in [0.2, 0.25) is 0 Å². The molecule has 0 saturated carbocycles.